The molecule has 1 aliphatic heterocycles. The van der Waals surface area contributed by atoms with E-state index >= 15 is 0 Å². The molecular weight excluding hydrogens is 282 g/mol. The molecule has 0 saturated heterocycles. The Balaban J connectivity index is 1.96. The third kappa shape index (κ3) is 3.01. The Bertz CT molecular complexity index is 626. The highest BCUT2D eigenvalue weighted by atomic mass is 32.2. The van der Waals surface area contributed by atoms with E-state index in [1.807, 2.05) is 36.4 Å². The van der Waals surface area contributed by atoms with Gasteiger partial charge in [0.05, 0.1) is 6.04 Å². The molecule has 0 spiro atoms. The summed E-state index contributed by atoms with van der Waals surface area (Å²) in [6.45, 7) is 2.07. The molecular formula is C17H19NO2S. The number of nitrogens with one attached hydrogen (secondary N) is 1. The second kappa shape index (κ2) is 6.00. The van der Waals surface area contributed by atoms with E-state index in [0.717, 1.165) is 22.6 Å². The van der Waals surface area contributed by atoms with Gasteiger partial charge in [0.15, 0.2) is 0 Å². The highest BCUT2D eigenvalue weighted by molar-refractivity contribution is 7.84. The first-order chi connectivity index (χ1) is 10.1. The summed E-state index contributed by atoms with van der Waals surface area (Å²) < 4.78 is 17.4. The lowest BCUT2D eigenvalue weighted by atomic mass is 9.94. The summed E-state index contributed by atoms with van der Waals surface area (Å²) in [5.41, 5.74) is 2.26. The first kappa shape index (κ1) is 14.3. The van der Waals surface area contributed by atoms with E-state index in [2.05, 4.69) is 24.4 Å². The monoisotopic (exact) mass is 301 g/mol. The lowest BCUT2D eigenvalue weighted by Gasteiger charge is -2.31. The number of hydrogen-bond donors (Lipinski definition) is 1. The molecule has 1 aliphatic rings. The van der Waals surface area contributed by atoms with E-state index in [4.69, 9.17) is 4.74 Å². The van der Waals surface area contributed by atoms with Crippen LogP contribution in [0, 0.1) is 0 Å². The largest absolute Gasteiger partial charge is 0.457 e. The molecule has 3 nitrogen and oxygen atoms in total. The maximum Gasteiger partial charge on any atom is 0.132 e. The van der Waals surface area contributed by atoms with Crippen molar-refractivity contribution in [3.63, 3.8) is 0 Å². The van der Waals surface area contributed by atoms with E-state index in [1.54, 1.807) is 6.26 Å². The third-order valence-corrected chi connectivity index (χ3v) is 4.59. The Hall–Kier alpha value is -1.65. The van der Waals surface area contributed by atoms with Crippen molar-refractivity contribution in [3.05, 3.63) is 59.7 Å². The second-order valence-electron chi connectivity index (χ2n) is 5.42. The SMILES string of the molecule is CC(CS(C)=O)NC1c2ccccc2Oc2ccccc21. The van der Waals surface area contributed by atoms with Gasteiger partial charge in [-0.2, -0.15) is 0 Å². The summed E-state index contributed by atoms with van der Waals surface area (Å²) in [6, 6.07) is 16.4. The smallest absolute Gasteiger partial charge is 0.132 e. The Morgan fingerprint density at radius 3 is 2.14 bits per heavy atom. The van der Waals surface area contributed by atoms with Crippen LogP contribution >= 0.6 is 0 Å². The van der Waals surface area contributed by atoms with Gasteiger partial charge < -0.3 is 10.1 Å². The molecule has 110 valence electrons. The molecule has 3 rings (SSSR count). The zero-order chi connectivity index (χ0) is 14.8. The van der Waals surface area contributed by atoms with Crippen molar-refractivity contribution in [3.8, 4) is 11.5 Å². The maximum atomic E-state index is 11.4. The fourth-order valence-corrected chi connectivity index (χ4v) is 3.57. The molecule has 2 aromatic carbocycles. The quantitative estimate of drug-likeness (QED) is 0.942. The second-order valence-corrected chi connectivity index (χ2v) is 6.90. The average molecular weight is 301 g/mol. The fraction of sp³-hybridized carbons (Fsp3) is 0.294. The van der Waals surface area contributed by atoms with Crippen LogP contribution in [0.15, 0.2) is 48.5 Å². The summed E-state index contributed by atoms with van der Waals surface area (Å²) >= 11 is 0. The normalized spacial score (nSPS) is 16.5. The van der Waals surface area contributed by atoms with Gasteiger partial charge in [0, 0.05) is 40.0 Å². The molecule has 0 radical (unpaired) electrons. The molecule has 0 bridgehead atoms. The van der Waals surface area contributed by atoms with Crippen molar-refractivity contribution < 1.29 is 8.95 Å². The van der Waals surface area contributed by atoms with Gasteiger partial charge in [0.2, 0.25) is 0 Å². The lowest BCUT2D eigenvalue weighted by molar-refractivity contribution is 0.417. The minimum Gasteiger partial charge on any atom is -0.457 e. The molecule has 0 saturated carbocycles. The number of rotatable bonds is 4. The van der Waals surface area contributed by atoms with Crippen LogP contribution in [0.3, 0.4) is 0 Å². The number of hydrogen-bond acceptors (Lipinski definition) is 3. The van der Waals surface area contributed by atoms with Crippen LogP contribution in [0.4, 0.5) is 0 Å². The molecule has 21 heavy (non-hydrogen) atoms. The summed E-state index contributed by atoms with van der Waals surface area (Å²) in [7, 11) is -0.809. The van der Waals surface area contributed by atoms with Crippen molar-refractivity contribution in [1.29, 1.82) is 0 Å². The van der Waals surface area contributed by atoms with Crippen molar-refractivity contribution in [2.75, 3.05) is 12.0 Å². The van der Waals surface area contributed by atoms with Crippen molar-refractivity contribution in [2.24, 2.45) is 0 Å². The van der Waals surface area contributed by atoms with Gasteiger partial charge in [-0.3, -0.25) is 4.21 Å². The van der Waals surface area contributed by atoms with Crippen LogP contribution in [-0.4, -0.2) is 22.3 Å². The Kier molecular flexibility index (Phi) is 4.08. The maximum absolute atomic E-state index is 11.4. The molecule has 4 heteroatoms. The molecule has 0 aromatic heterocycles. The van der Waals surface area contributed by atoms with Gasteiger partial charge >= 0.3 is 0 Å². The van der Waals surface area contributed by atoms with Crippen LogP contribution in [0.5, 0.6) is 11.5 Å². The fourth-order valence-electron chi connectivity index (χ4n) is 2.77. The number of ether oxygens (including phenoxy) is 1. The Morgan fingerprint density at radius 1 is 1.10 bits per heavy atom. The summed E-state index contributed by atoms with van der Waals surface area (Å²) in [5.74, 6) is 2.42. The Labute approximate surface area is 127 Å². The van der Waals surface area contributed by atoms with E-state index in [0.29, 0.717) is 5.75 Å². The first-order valence-electron chi connectivity index (χ1n) is 7.07. The zero-order valence-corrected chi connectivity index (χ0v) is 13.0. The highest BCUT2D eigenvalue weighted by Gasteiger charge is 2.27. The van der Waals surface area contributed by atoms with Crippen molar-refractivity contribution in [1.82, 2.24) is 5.32 Å². The minimum absolute atomic E-state index is 0.0738. The van der Waals surface area contributed by atoms with Crippen LogP contribution < -0.4 is 10.1 Å². The van der Waals surface area contributed by atoms with Crippen LogP contribution in [0.2, 0.25) is 0 Å². The van der Waals surface area contributed by atoms with Crippen molar-refractivity contribution >= 4 is 10.8 Å². The van der Waals surface area contributed by atoms with E-state index in [1.165, 1.54) is 0 Å². The summed E-state index contributed by atoms with van der Waals surface area (Å²) in [5, 5.41) is 3.59. The predicted molar refractivity (Wildman–Crippen MR) is 86.3 cm³/mol. The molecule has 1 N–H and O–H groups in total. The van der Waals surface area contributed by atoms with Gasteiger partial charge in [0.25, 0.3) is 0 Å². The van der Waals surface area contributed by atoms with Crippen molar-refractivity contribution in [2.45, 2.75) is 19.0 Å². The van der Waals surface area contributed by atoms with Gasteiger partial charge in [-0.1, -0.05) is 36.4 Å². The summed E-state index contributed by atoms with van der Waals surface area (Å²) in [6.07, 6.45) is 1.74. The zero-order valence-electron chi connectivity index (χ0n) is 12.2. The molecule has 0 fully saturated rings. The van der Waals surface area contributed by atoms with E-state index in [9.17, 15) is 4.21 Å². The average Bonchev–Trinajstić information content (AvgIpc) is 2.46. The van der Waals surface area contributed by atoms with Crippen LogP contribution in [0.25, 0.3) is 0 Å². The Morgan fingerprint density at radius 2 is 1.62 bits per heavy atom. The predicted octanol–water partition coefficient (Wildman–Crippen LogP) is 3.24. The molecule has 2 atom stereocenters. The van der Waals surface area contributed by atoms with Gasteiger partial charge in [0.1, 0.15) is 11.5 Å². The minimum atomic E-state index is -0.809. The molecule has 2 unspecified atom stereocenters. The summed E-state index contributed by atoms with van der Waals surface area (Å²) in [4.78, 5) is 0. The number of benzene rings is 2. The van der Waals surface area contributed by atoms with Gasteiger partial charge in [-0.05, 0) is 19.1 Å². The lowest BCUT2D eigenvalue weighted by Crippen LogP contribution is -2.36. The van der Waals surface area contributed by atoms with Gasteiger partial charge in [-0.25, -0.2) is 0 Å². The van der Waals surface area contributed by atoms with Gasteiger partial charge in [-0.15, -0.1) is 0 Å². The van der Waals surface area contributed by atoms with Crippen LogP contribution in [0.1, 0.15) is 24.1 Å². The van der Waals surface area contributed by atoms with Crippen LogP contribution in [-0.2, 0) is 10.8 Å². The first-order valence-corrected chi connectivity index (χ1v) is 8.79. The third-order valence-electron chi connectivity index (χ3n) is 3.62. The topological polar surface area (TPSA) is 38.3 Å². The molecule has 1 heterocycles. The standard InChI is InChI=1S/C17H19NO2S/c1-12(11-21(2)19)18-17-13-7-3-5-9-15(13)20-16-10-6-4-8-14(16)17/h3-10,12,17-18H,11H2,1-2H3. The number of para-hydroxylation sites is 2. The molecule has 0 aliphatic carbocycles. The highest BCUT2D eigenvalue weighted by Crippen LogP contribution is 2.42. The molecule has 0 amide bonds. The number of fused-ring (bicyclic) bond motifs is 2. The van der Waals surface area contributed by atoms with E-state index < -0.39 is 10.8 Å². The van der Waals surface area contributed by atoms with E-state index in [-0.39, 0.29) is 12.1 Å². The molecule has 2 aromatic rings.